The molecule has 0 fully saturated rings. The summed E-state index contributed by atoms with van der Waals surface area (Å²) in [5.41, 5.74) is 10.3. The van der Waals surface area contributed by atoms with E-state index in [1.165, 1.54) is 98.1 Å². The Balaban J connectivity index is 1.28. The average Bonchev–Trinajstić information content (AvgIpc) is 3.56. The smallest absolute Gasteiger partial charge is 0.00907 e. The molecule has 0 unspecified atom stereocenters. The van der Waals surface area contributed by atoms with Gasteiger partial charge in [0.2, 0.25) is 0 Å². The Kier molecular flexibility index (Phi) is 6.02. The van der Waals surface area contributed by atoms with Crippen LogP contribution in [0.5, 0.6) is 0 Å². The van der Waals surface area contributed by atoms with Crippen molar-refractivity contribution >= 4 is 54.7 Å². The van der Waals surface area contributed by atoms with Gasteiger partial charge in [-0.25, -0.2) is 0 Å². The fraction of sp³-hybridized carbons (Fsp3) is 0.0612. The highest BCUT2D eigenvalue weighted by molar-refractivity contribution is 6.22. The van der Waals surface area contributed by atoms with Gasteiger partial charge in [0.25, 0.3) is 0 Å². The molecular formula is C49H34. The molecule has 0 amide bonds. The first-order valence-corrected chi connectivity index (χ1v) is 17.3. The minimum absolute atomic E-state index is 0.0612. The van der Waals surface area contributed by atoms with E-state index in [1.54, 1.807) is 0 Å². The van der Waals surface area contributed by atoms with Crippen molar-refractivity contribution in [3.63, 3.8) is 0 Å². The number of fused-ring (bicyclic) bond motifs is 9. The summed E-state index contributed by atoms with van der Waals surface area (Å²) in [6.45, 7) is 4.71. The maximum absolute atomic E-state index is 2.49. The molecule has 2 aliphatic rings. The van der Waals surface area contributed by atoms with E-state index in [0.717, 1.165) is 0 Å². The van der Waals surface area contributed by atoms with Crippen LogP contribution in [0.3, 0.4) is 0 Å². The van der Waals surface area contributed by atoms with Crippen molar-refractivity contribution in [1.29, 1.82) is 0 Å². The molecule has 0 N–H and O–H groups in total. The van der Waals surface area contributed by atoms with Crippen LogP contribution in [-0.2, 0) is 0 Å². The van der Waals surface area contributed by atoms with Gasteiger partial charge in [-0.3, -0.25) is 0 Å². The van der Waals surface area contributed by atoms with Crippen LogP contribution in [0.2, 0.25) is 0 Å². The lowest BCUT2D eigenvalue weighted by Crippen LogP contribution is -2.29. The molecule has 0 saturated heterocycles. The quantitative estimate of drug-likeness (QED) is 0.136. The van der Waals surface area contributed by atoms with Crippen LogP contribution in [0.1, 0.15) is 13.8 Å². The number of rotatable bonds is 3. The minimum Gasteiger partial charge on any atom is -0.0744 e. The van der Waals surface area contributed by atoms with Crippen LogP contribution in [0, 0.1) is 5.41 Å². The van der Waals surface area contributed by atoms with E-state index in [4.69, 9.17) is 0 Å². The second-order valence-corrected chi connectivity index (χ2v) is 14.1. The van der Waals surface area contributed by atoms with E-state index in [9.17, 15) is 0 Å². The van der Waals surface area contributed by atoms with Gasteiger partial charge in [-0.15, -0.1) is 0 Å². The fourth-order valence-electron chi connectivity index (χ4n) is 8.68. The van der Waals surface area contributed by atoms with Gasteiger partial charge in [0, 0.05) is 5.41 Å². The third-order valence-electron chi connectivity index (χ3n) is 10.8. The maximum atomic E-state index is 2.49. The molecule has 0 saturated carbocycles. The standard InChI is InChI=1S/C49H34/c1-49(2)28-12-15-35-30-44-37-17-7-6-16-36(37)38-27-26-34(29-43(38)47(44)48(35)49)46-41-20-10-8-18-39(41)45(40-19-9-11-21-42(40)46)33-24-22-32(23-25-33)31-13-4-3-5-14-31/h3-30H,1-2H3. The Morgan fingerprint density at radius 3 is 1.55 bits per heavy atom. The highest BCUT2D eigenvalue weighted by Crippen LogP contribution is 2.45. The van der Waals surface area contributed by atoms with Crippen LogP contribution in [0.25, 0.3) is 88.1 Å². The first kappa shape index (κ1) is 28.1. The lowest BCUT2D eigenvalue weighted by molar-refractivity contribution is 0.645. The molecule has 2 aliphatic carbocycles. The third kappa shape index (κ3) is 4.17. The monoisotopic (exact) mass is 622 g/mol. The van der Waals surface area contributed by atoms with Crippen molar-refractivity contribution in [1.82, 2.24) is 0 Å². The van der Waals surface area contributed by atoms with Gasteiger partial charge >= 0.3 is 0 Å². The summed E-state index contributed by atoms with van der Waals surface area (Å²) in [6.07, 6.45) is 9.29. The zero-order chi connectivity index (χ0) is 32.7. The van der Waals surface area contributed by atoms with E-state index in [2.05, 4.69) is 184 Å². The fourth-order valence-corrected chi connectivity index (χ4v) is 8.68. The summed E-state index contributed by atoms with van der Waals surface area (Å²) < 4.78 is 0. The van der Waals surface area contributed by atoms with Gasteiger partial charge in [0.05, 0.1) is 0 Å². The molecule has 0 radical (unpaired) electrons. The summed E-state index contributed by atoms with van der Waals surface area (Å²) in [5, 5.41) is 13.1. The molecule has 0 aliphatic heterocycles. The van der Waals surface area contributed by atoms with Crippen molar-refractivity contribution in [3.05, 3.63) is 180 Å². The lowest BCUT2D eigenvalue weighted by atomic mass is 9.77. The third-order valence-corrected chi connectivity index (χ3v) is 10.8. The molecule has 230 valence electrons. The van der Waals surface area contributed by atoms with Crippen LogP contribution >= 0.6 is 0 Å². The lowest BCUT2D eigenvalue weighted by Gasteiger charge is -2.27. The largest absolute Gasteiger partial charge is 0.0744 e. The van der Waals surface area contributed by atoms with Crippen molar-refractivity contribution in [2.45, 2.75) is 13.8 Å². The Hall–Kier alpha value is -5.98. The predicted octanol–water partition coefficient (Wildman–Crippen LogP) is 11.8. The molecule has 0 aromatic heterocycles. The molecule has 0 heteroatoms. The topological polar surface area (TPSA) is 0 Å². The van der Waals surface area contributed by atoms with Crippen LogP contribution in [-0.4, -0.2) is 0 Å². The summed E-state index contributed by atoms with van der Waals surface area (Å²) in [5.74, 6) is 0. The highest BCUT2D eigenvalue weighted by atomic mass is 14.3. The minimum atomic E-state index is -0.0612. The molecule has 49 heavy (non-hydrogen) atoms. The van der Waals surface area contributed by atoms with Crippen molar-refractivity contribution in [2.24, 2.45) is 5.41 Å². The normalized spacial score (nSPS) is 14.7. The Labute approximate surface area is 286 Å². The Morgan fingerprint density at radius 1 is 0.408 bits per heavy atom. The van der Waals surface area contributed by atoms with Gasteiger partial charge in [-0.2, -0.15) is 0 Å². The first-order valence-electron chi connectivity index (χ1n) is 17.3. The van der Waals surface area contributed by atoms with E-state index in [0.29, 0.717) is 0 Å². The van der Waals surface area contributed by atoms with Gasteiger partial charge in [-0.1, -0.05) is 172 Å². The van der Waals surface area contributed by atoms with Gasteiger partial charge < -0.3 is 0 Å². The highest BCUT2D eigenvalue weighted by Gasteiger charge is 2.29. The molecular weight excluding hydrogens is 589 g/mol. The van der Waals surface area contributed by atoms with Crippen LogP contribution in [0.15, 0.2) is 169 Å². The van der Waals surface area contributed by atoms with Crippen molar-refractivity contribution in [2.75, 3.05) is 0 Å². The summed E-state index contributed by atoms with van der Waals surface area (Å²) in [4.78, 5) is 0. The summed E-state index contributed by atoms with van der Waals surface area (Å²) >= 11 is 0. The second kappa shape index (κ2) is 10.5. The van der Waals surface area contributed by atoms with Crippen molar-refractivity contribution < 1.29 is 0 Å². The van der Waals surface area contributed by atoms with Gasteiger partial charge in [0.1, 0.15) is 0 Å². The van der Waals surface area contributed by atoms with E-state index < -0.39 is 0 Å². The first-order chi connectivity index (χ1) is 24.1. The number of hydrogen-bond donors (Lipinski definition) is 0. The van der Waals surface area contributed by atoms with Crippen molar-refractivity contribution in [3.8, 4) is 33.4 Å². The SMILES string of the molecule is CC1(C)C=CC=C2C=c3c(c4cc(-c5c6ccccc6c(-c6ccc(-c7ccccc7)cc6)c6ccccc56)ccc4c4ccccc34)=C21. The Morgan fingerprint density at radius 2 is 0.898 bits per heavy atom. The summed E-state index contributed by atoms with van der Waals surface area (Å²) in [6, 6.07) is 53.9. The van der Waals surface area contributed by atoms with Gasteiger partial charge in [0.15, 0.2) is 0 Å². The maximum Gasteiger partial charge on any atom is 0.00907 e. The number of allylic oxidation sites excluding steroid dienone is 4. The van der Waals surface area contributed by atoms with E-state index in [-0.39, 0.29) is 5.41 Å². The molecule has 10 rings (SSSR count). The van der Waals surface area contributed by atoms with E-state index >= 15 is 0 Å². The summed E-state index contributed by atoms with van der Waals surface area (Å²) in [7, 11) is 0. The molecule has 0 atom stereocenters. The van der Waals surface area contributed by atoms with E-state index in [1.807, 2.05) is 0 Å². The molecule has 8 aromatic carbocycles. The number of benzene rings is 8. The average molecular weight is 623 g/mol. The zero-order valence-electron chi connectivity index (χ0n) is 27.7. The Bertz CT molecular complexity index is 2800. The predicted molar refractivity (Wildman–Crippen MR) is 211 cm³/mol. The molecule has 8 aromatic rings. The van der Waals surface area contributed by atoms with Crippen LogP contribution < -0.4 is 10.4 Å². The number of hydrogen-bond acceptors (Lipinski definition) is 0. The second-order valence-electron chi connectivity index (χ2n) is 14.1. The van der Waals surface area contributed by atoms with Crippen LogP contribution in [0.4, 0.5) is 0 Å². The molecule has 0 heterocycles. The molecule has 0 nitrogen and oxygen atoms in total. The van der Waals surface area contributed by atoms with Gasteiger partial charge in [-0.05, 0) is 110 Å². The molecule has 0 bridgehead atoms. The zero-order valence-corrected chi connectivity index (χ0v) is 27.7. The molecule has 0 spiro atoms.